The Morgan fingerprint density at radius 2 is 0.631 bits per heavy atom. The Kier molecular flexibility index (Phi) is 9.22. The number of aromatic nitrogens is 4. The van der Waals surface area contributed by atoms with E-state index in [2.05, 4.69) is 230 Å². The van der Waals surface area contributed by atoms with Gasteiger partial charge in [0.1, 0.15) is 12.7 Å². The molecular weight excluding hydrogens is 823 g/mol. The predicted octanol–water partition coefficient (Wildman–Crippen LogP) is 6.47. The second-order valence-corrected chi connectivity index (χ2v) is 24.7. The van der Waals surface area contributed by atoms with Crippen LogP contribution >= 0.6 is 0 Å². The zero-order chi connectivity index (χ0) is 43.4. The van der Waals surface area contributed by atoms with Gasteiger partial charge < -0.3 is 4.90 Å². The van der Waals surface area contributed by atoms with E-state index in [4.69, 9.17) is 19.9 Å². The summed E-state index contributed by atoms with van der Waals surface area (Å²) in [4.78, 5) is 21.9. The largest absolute Gasteiger partial charge is 0.344 e. The van der Waals surface area contributed by atoms with Crippen LogP contribution in [0.1, 0.15) is 22.3 Å². The lowest BCUT2D eigenvalue weighted by atomic mass is 9.65. The van der Waals surface area contributed by atoms with E-state index >= 15 is 0 Å². The smallest absolute Gasteiger partial charge is 0.179 e. The molecule has 0 saturated carbocycles. The molecule has 0 unspecified atom stereocenters. The number of hydrogen-bond acceptors (Lipinski definition) is 5. The fourth-order valence-corrected chi connectivity index (χ4v) is 21.0. The topological polar surface area (TPSA) is 54.8 Å². The first-order valence-corrected chi connectivity index (χ1v) is 26.2. The Bertz CT molecular complexity index is 2920. The molecule has 0 radical (unpaired) electrons. The van der Waals surface area contributed by atoms with E-state index in [1.54, 1.807) is 12.7 Å². The second-order valence-electron chi connectivity index (χ2n) is 17.0. The zero-order valence-electron chi connectivity index (χ0n) is 35.8. The van der Waals surface area contributed by atoms with E-state index in [0.29, 0.717) is 0 Å². The molecule has 0 saturated heterocycles. The number of nitrogens with zero attached hydrogens (tertiary/aromatic N) is 5. The molecule has 8 aromatic carbocycles. The van der Waals surface area contributed by atoms with E-state index in [1.807, 2.05) is 12.4 Å². The summed E-state index contributed by atoms with van der Waals surface area (Å²) in [5.74, 6) is 0. The van der Waals surface area contributed by atoms with Gasteiger partial charge in [0.2, 0.25) is 0 Å². The summed E-state index contributed by atoms with van der Waals surface area (Å²) in [6.07, 6.45) is 7.31. The van der Waals surface area contributed by atoms with Crippen LogP contribution in [0.2, 0.25) is 0 Å². The number of benzene rings is 8. The maximum absolute atomic E-state index is 4.97. The molecule has 1 aliphatic carbocycles. The average molecular weight is 866 g/mol. The fraction of sp³-hybridized carbons (Fsp3) is 0.0345. The summed E-state index contributed by atoms with van der Waals surface area (Å²) < 4.78 is 0. The molecule has 1 spiro atoms. The molecule has 0 N–H and O–H groups in total. The van der Waals surface area contributed by atoms with Crippen molar-refractivity contribution in [3.05, 3.63) is 266 Å². The summed E-state index contributed by atoms with van der Waals surface area (Å²) >= 11 is 0. The standard InChI is InChI=1S/C58H43N5Si2/c1-63-54-36-48(64(42-20-8-2-9-21-42,43-22-10-3-11-23-43)44-24-12-4-13-25-44)32-34-50(54)58(52-38-59-40-61-56(52)57-53(58)39-60-41-62-57)51-35-33-49(37-55(51)63)65(45-26-14-5-15-27-45,46-28-16-6-17-29-46)47-30-18-7-19-31-47/h2-41H,1H3. The van der Waals surface area contributed by atoms with Crippen molar-refractivity contribution in [1.82, 2.24) is 19.9 Å². The van der Waals surface area contributed by atoms with E-state index in [1.165, 1.54) is 41.5 Å². The van der Waals surface area contributed by atoms with Crippen molar-refractivity contribution >= 4 is 69.0 Å². The van der Waals surface area contributed by atoms with Crippen LogP contribution < -0.4 is 46.4 Å². The van der Waals surface area contributed by atoms with Gasteiger partial charge in [-0.3, -0.25) is 0 Å². The maximum Gasteiger partial charge on any atom is 0.179 e. The van der Waals surface area contributed by atoms with Crippen LogP contribution in [0.3, 0.4) is 0 Å². The van der Waals surface area contributed by atoms with Crippen molar-refractivity contribution in [2.45, 2.75) is 5.41 Å². The summed E-state index contributed by atoms with van der Waals surface area (Å²) in [6.45, 7) is 0. The van der Waals surface area contributed by atoms with Crippen molar-refractivity contribution in [2.24, 2.45) is 0 Å². The number of anilines is 2. The number of hydrogen-bond donors (Lipinski definition) is 0. The molecule has 5 nitrogen and oxygen atoms in total. The number of rotatable bonds is 8. The van der Waals surface area contributed by atoms with Gasteiger partial charge in [0.25, 0.3) is 0 Å². The normalized spacial score (nSPS) is 13.4. The Labute approximate surface area is 381 Å². The van der Waals surface area contributed by atoms with Gasteiger partial charge in [-0.05, 0) is 64.8 Å². The van der Waals surface area contributed by atoms with Crippen LogP contribution in [0.4, 0.5) is 11.4 Å². The van der Waals surface area contributed by atoms with Crippen LogP contribution in [0, 0.1) is 0 Å². The highest BCUT2D eigenvalue weighted by atomic mass is 28.3. The van der Waals surface area contributed by atoms with Crippen LogP contribution in [0.5, 0.6) is 0 Å². The summed E-state index contributed by atoms with van der Waals surface area (Å²) in [6, 6.07) is 81.6. The first kappa shape index (κ1) is 38.8. The first-order chi connectivity index (χ1) is 32.2. The predicted molar refractivity (Wildman–Crippen MR) is 270 cm³/mol. The van der Waals surface area contributed by atoms with Crippen molar-refractivity contribution in [3.8, 4) is 11.4 Å². The van der Waals surface area contributed by atoms with E-state index in [9.17, 15) is 0 Å². The molecule has 2 aliphatic rings. The van der Waals surface area contributed by atoms with Crippen LogP contribution in [0.15, 0.2) is 243 Å². The van der Waals surface area contributed by atoms with Gasteiger partial charge in [-0.15, -0.1) is 0 Å². The highest BCUT2D eigenvalue weighted by molar-refractivity contribution is 7.20. The quantitative estimate of drug-likeness (QED) is 0.130. The van der Waals surface area contributed by atoms with Gasteiger partial charge in [-0.25, -0.2) is 19.9 Å². The molecule has 3 heterocycles. The van der Waals surface area contributed by atoms with Crippen molar-refractivity contribution in [2.75, 3.05) is 11.9 Å². The summed E-state index contributed by atoms with van der Waals surface area (Å²) in [5.41, 5.74) is 7.49. The van der Waals surface area contributed by atoms with Crippen molar-refractivity contribution in [1.29, 1.82) is 0 Å². The Balaban J connectivity index is 1.20. The molecular formula is C58H43N5Si2. The first-order valence-electron chi connectivity index (χ1n) is 22.2. The molecule has 1 aliphatic heterocycles. The zero-order valence-corrected chi connectivity index (χ0v) is 37.8. The molecule has 0 bridgehead atoms. The highest BCUT2D eigenvalue weighted by Gasteiger charge is 2.54. The third-order valence-electron chi connectivity index (χ3n) is 14.1. The summed E-state index contributed by atoms with van der Waals surface area (Å²) in [7, 11) is -3.58. The molecule has 12 rings (SSSR count). The summed E-state index contributed by atoms with van der Waals surface area (Å²) in [5, 5.41) is 10.6. The van der Waals surface area contributed by atoms with Gasteiger partial charge >= 0.3 is 0 Å². The molecule has 0 amide bonds. The minimum absolute atomic E-state index is 0.797. The highest BCUT2D eigenvalue weighted by Crippen LogP contribution is 2.60. The molecule has 2 aromatic heterocycles. The molecule has 7 heteroatoms. The molecule has 308 valence electrons. The van der Waals surface area contributed by atoms with Crippen LogP contribution in [-0.4, -0.2) is 43.1 Å². The van der Waals surface area contributed by atoms with E-state index in [0.717, 1.165) is 45.0 Å². The van der Waals surface area contributed by atoms with Crippen LogP contribution in [0.25, 0.3) is 11.4 Å². The lowest BCUT2D eigenvalue weighted by molar-refractivity contribution is 0.736. The van der Waals surface area contributed by atoms with Gasteiger partial charge in [-0.2, -0.15) is 0 Å². The van der Waals surface area contributed by atoms with Gasteiger partial charge in [0, 0.05) is 41.9 Å². The van der Waals surface area contributed by atoms with Gasteiger partial charge in [-0.1, -0.05) is 206 Å². The van der Waals surface area contributed by atoms with Crippen molar-refractivity contribution < 1.29 is 0 Å². The van der Waals surface area contributed by atoms with E-state index < -0.39 is 21.6 Å². The lowest BCUT2D eigenvalue weighted by Crippen LogP contribution is -2.75. The maximum atomic E-state index is 4.97. The minimum atomic E-state index is -2.92. The molecule has 65 heavy (non-hydrogen) atoms. The monoisotopic (exact) mass is 865 g/mol. The van der Waals surface area contributed by atoms with Gasteiger partial charge in [0.05, 0.1) is 16.8 Å². The SMILES string of the molecule is CN1c2cc([Si](c3ccccc3)(c3ccccc3)c3ccccc3)ccc2C2(c3ccc([Si](c4ccccc4)(c4ccccc4)c4ccccc4)cc31)c1cncnc1-c1ncncc12. The van der Waals surface area contributed by atoms with Crippen LogP contribution in [-0.2, 0) is 5.41 Å². The second kappa shape index (κ2) is 15.4. The molecule has 0 atom stereocenters. The third-order valence-corrected chi connectivity index (χ3v) is 23.6. The Hall–Kier alpha value is -7.85. The lowest BCUT2D eigenvalue weighted by Gasteiger charge is -2.45. The average Bonchev–Trinajstić information content (AvgIpc) is 3.68. The Morgan fingerprint density at radius 1 is 0.338 bits per heavy atom. The fourth-order valence-electron chi connectivity index (χ4n) is 11.4. The third kappa shape index (κ3) is 5.56. The Morgan fingerprint density at radius 3 is 0.923 bits per heavy atom. The number of fused-ring (bicyclic) bond motifs is 9. The molecule has 10 aromatic rings. The van der Waals surface area contributed by atoms with Crippen molar-refractivity contribution in [3.63, 3.8) is 0 Å². The van der Waals surface area contributed by atoms with Gasteiger partial charge in [0.15, 0.2) is 16.1 Å². The molecule has 0 fully saturated rings. The minimum Gasteiger partial charge on any atom is -0.344 e. The van der Waals surface area contributed by atoms with E-state index in [-0.39, 0.29) is 0 Å².